The minimum atomic E-state index is -3.61. The first-order valence-electron chi connectivity index (χ1n) is 8.80. The fourth-order valence-electron chi connectivity index (χ4n) is 2.80. The number of ether oxygens (including phenoxy) is 2. The summed E-state index contributed by atoms with van der Waals surface area (Å²) < 4.78 is 36.3. The molecule has 2 rings (SSSR count). The van der Waals surface area contributed by atoms with Crippen LogP contribution in [0.1, 0.15) is 11.1 Å². The average Bonchev–Trinajstić information content (AvgIpc) is 2.63. The number of benzene rings is 2. The topological polar surface area (TPSA) is 84.9 Å². The van der Waals surface area contributed by atoms with Crippen molar-refractivity contribution in [2.24, 2.45) is 0 Å². The van der Waals surface area contributed by atoms with E-state index in [0.717, 1.165) is 21.7 Å². The molecule has 8 heteroatoms. The first kappa shape index (κ1) is 21.6. The summed E-state index contributed by atoms with van der Waals surface area (Å²) in [7, 11) is -2.04. The Balaban J connectivity index is 1.95. The van der Waals surface area contributed by atoms with E-state index in [1.54, 1.807) is 25.3 Å². The van der Waals surface area contributed by atoms with Crippen LogP contribution in [0.25, 0.3) is 0 Å². The van der Waals surface area contributed by atoms with Crippen LogP contribution in [0, 0.1) is 13.8 Å². The lowest BCUT2D eigenvalue weighted by Crippen LogP contribution is -2.42. The van der Waals surface area contributed by atoms with Crippen molar-refractivity contribution in [3.8, 4) is 11.5 Å². The van der Waals surface area contributed by atoms with Crippen LogP contribution in [0.2, 0.25) is 0 Å². The Kier molecular flexibility index (Phi) is 7.28. The third-order valence-corrected chi connectivity index (χ3v) is 5.22. The number of aryl methyl sites for hydroxylation is 2. The maximum absolute atomic E-state index is 12.3. The number of amides is 1. The molecule has 0 aromatic heterocycles. The summed E-state index contributed by atoms with van der Waals surface area (Å²) in [5.41, 5.74) is 2.12. The van der Waals surface area contributed by atoms with E-state index in [9.17, 15) is 13.2 Å². The highest BCUT2D eigenvalue weighted by Gasteiger charge is 2.23. The van der Waals surface area contributed by atoms with E-state index in [1.165, 1.54) is 0 Å². The number of sulfonamides is 1. The number of nitrogens with one attached hydrogen (secondary N) is 1. The van der Waals surface area contributed by atoms with Crippen LogP contribution in [0.15, 0.2) is 42.5 Å². The Morgan fingerprint density at radius 2 is 1.68 bits per heavy atom. The van der Waals surface area contributed by atoms with Crippen molar-refractivity contribution in [2.75, 3.05) is 37.4 Å². The van der Waals surface area contributed by atoms with Gasteiger partial charge in [-0.1, -0.05) is 24.3 Å². The highest BCUT2D eigenvalue weighted by atomic mass is 32.2. The van der Waals surface area contributed by atoms with E-state index < -0.39 is 15.9 Å². The second kappa shape index (κ2) is 9.45. The molecule has 0 heterocycles. The zero-order valence-corrected chi connectivity index (χ0v) is 17.4. The molecule has 0 spiro atoms. The van der Waals surface area contributed by atoms with Gasteiger partial charge >= 0.3 is 0 Å². The number of carbonyl (C=O) groups excluding carboxylic acids is 1. The Hall–Kier alpha value is -2.74. The van der Waals surface area contributed by atoms with Crippen LogP contribution in [0.4, 0.5) is 5.69 Å². The zero-order valence-electron chi connectivity index (χ0n) is 16.6. The van der Waals surface area contributed by atoms with E-state index in [4.69, 9.17) is 9.47 Å². The first-order chi connectivity index (χ1) is 13.2. The third kappa shape index (κ3) is 5.88. The van der Waals surface area contributed by atoms with Crippen molar-refractivity contribution in [1.29, 1.82) is 0 Å². The van der Waals surface area contributed by atoms with Crippen LogP contribution in [0.3, 0.4) is 0 Å². The minimum Gasteiger partial charge on any atom is -0.497 e. The van der Waals surface area contributed by atoms with Gasteiger partial charge in [0.1, 0.15) is 24.7 Å². The van der Waals surface area contributed by atoms with Gasteiger partial charge in [-0.15, -0.1) is 0 Å². The number of rotatable bonds is 9. The lowest BCUT2D eigenvalue weighted by molar-refractivity contribution is -0.119. The van der Waals surface area contributed by atoms with E-state index in [2.05, 4.69) is 5.32 Å². The quantitative estimate of drug-likeness (QED) is 0.646. The SMILES string of the molecule is COc1cccc(OCCNC(=O)CN(c2c(C)cccc2C)S(C)(=O)=O)c1. The maximum atomic E-state index is 12.3. The van der Waals surface area contributed by atoms with Crippen molar-refractivity contribution in [3.05, 3.63) is 53.6 Å². The van der Waals surface area contributed by atoms with E-state index in [1.807, 2.05) is 38.1 Å². The first-order valence-corrected chi connectivity index (χ1v) is 10.6. The molecular weight excluding hydrogens is 380 g/mol. The normalized spacial score (nSPS) is 11.0. The van der Waals surface area contributed by atoms with E-state index in [-0.39, 0.29) is 19.7 Å². The van der Waals surface area contributed by atoms with Crippen molar-refractivity contribution >= 4 is 21.6 Å². The summed E-state index contributed by atoms with van der Waals surface area (Å²) in [6.45, 7) is 3.85. The van der Waals surface area contributed by atoms with Gasteiger partial charge in [0, 0.05) is 6.07 Å². The number of hydrogen-bond acceptors (Lipinski definition) is 5. The standard InChI is InChI=1S/C20H26N2O5S/c1-15-7-5-8-16(2)20(15)22(28(4,24)25)14-19(23)21-11-12-27-18-10-6-9-17(13-18)26-3/h5-10,13H,11-12,14H2,1-4H3,(H,21,23). The van der Waals surface area contributed by atoms with Gasteiger partial charge in [-0.3, -0.25) is 9.10 Å². The highest BCUT2D eigenvalue weighted by Crippen LogP contribution is 2.26. The zero-order chi connectivity index (χ0) is 20.7. The predicted octanol–water partition coefficient (Wildman–Crippen LogP) is 2.27. The van der Waals surface area contributed by atoms with E-state index >= 15 is 0 Å². The summed E-state index contributed by atoms with van der Waals surface area (Å²) >= 11 is 0. The molecule has 28 heavy (non-hydrogen) atoms. The van der Waals surface area contributed by atoms with Gasteiger partial charge in [-0.2, -0.15) is 0 Å². The summed E-state index contributed by atoms with van der Waals surface area (Å²) in [4.78, 5) is 12.3. The lowest BCUT2D eigenvalue weighted by atomic mass is 10.1. The molecule has 1 amide bonds. The van der Waals surface area contributed by atoms with Gasteiger partial charge in [0.2, 0.25) is 15.9 Å². The van der Waals surface area contributed by atoms with Gasteiger partial charge in [0.25, 0.3) is 0 Å². The summed E-state index contributed by atoms with van der Waals surface area (Å²) in [5, 5.41) is 2.69. The molecule has 0 aliphatic carbocycles. The maximum Gasteiger partial charge on any atom is 0.240 e. The van der Waals surface area contributed by atoms with Crippen molar-refractivity contribution in [3.63, 3.8) is 0 Å². The predicted molar refractivity (Wildman–Crippen MR) is 110 cm³/mol. The van der Waals surface area contributed by atoms with Crippen molar-refractivity contribution < 1.29 is 22.7 Å². The molecule has 152 valence electrons. The van der Waals surface area contributed by atoms with Gasteiger partial charge in [0.15, 0.2) is 0 Å². The van der Waals surface area contributed by atoms with Gasteiger partial charge in [-0.05, 0) is 37.1 Å². The van der Waals surface area contributed by atoms with Gasteiger partial charge in [0.05, 0.1) is 25.6 Å². The van der Waals surface area contributed by atoms with Crippen LogP contribution >= 0.6 is 0 Å². The molecule has 0 unspecified atom stereocenters. The molecule has 2 aromatic carbocycles. The van der Waals surface area contributed by atoms with Gasteiger partial charge in [-0.25, -0.2) is 8.42 Å². The lowest BCUT2D eigenvalue weighted by Gasteiger charge is -2.25. The molecule has 0 saturated heterocycles. The molecule has 2 aromatic rings. The number of nitrogens with zero attached hydrogens (tertiary/aromatic N) is 1. The second-order valence-electron chi connectivity index (χ2n) is 6.39. The van der Waals surface area contributed by atoms with Gasteiger partial charge < -0.3 is 14.8 Å². The Labute approximate surface area is 166 Å². The van der Waals surface area contributed by atoms with Crippen LogP contribution in [-0.4, -0.2) is 47.4 Å². The molecule has 1 N–H and O–H groups in total. The van der Waals surface area contributed by atoms with Crippen molar-refractivity contribution in [2.45, 2.75) is 13.8 Å². The molecule has 0 aliphatic heterocycles. The van der Waals surface area contributed by atoms with Crippen molar-refractivity contribution in [1.82, 2.24) is 5.32 Å². The average molecular weight is 407 g/mol. The number of anilines is 1. The molecule has 0 aliphatic rings. The number of hydrogen-bond donors (Lipinski definition) is 1. The fourth-order valence-corrected chi connectivity index (χ4v) is 3.77. The number of carbonyl (C=O) groups is 1. The third-order valence-electron chi connectivity index (χ3n) is 4.11. The molecular formula is C20H26N2O5S. The molecule has 0 radical (unpaired) electrons. The Morgan fingerprint density at radius 3 is 2.29 bits per heavy atom. The van der Waals surface area contributed by atoms with Crippen LogP contribution in [0.5, 0.6) is 11.5 Å². The summed E-state index contributed by atoms with van der Waals surface area (Å²) in [6, 6.07) is 12.6. The molecule has 0 bridgehead atoms. The summed E-state index contributed by atoms with van der Waals surface area (Å²) in [5.74, 6) is 0.906. The van der Waals surface area contributed by atoms with Crippen LogP contribution < -0.4 is 19.1 Å². The number of methoxy groups -OCH3 is 1. The second-order valence-corrected chi connectivity index (χ2v) is 8.29. The molecule has 0 atom stereocenters. The highest BCUT2D eigenvalue weighted by molar-refractivity contribution is 7.92. The smallest absolute Gasteiger partial charge is 0.240 e. The molecule has 7 nitrogen and oxygen atoms in total. The molecule has 0 fully saturated rings. The molecule has 0 saturated carbocycles. The Bertz CT molecular complexity index is 908. The summed E-state index contributed by atoms with van der Waals surface area (Å²) in [6.07, 6.45) is 1.10. The van der Waals surface area contributed by atoms with Crippen LogP contribution in [-0.2, 0) is 14.8 Å². The number of para-hydroxylation sites is 1. The minimum absolute atomic E-state index is 0.250. The monoisotopic (exact) mass is 406 g/mol. The fraction of sp³-hybridized carbons (Fsp3) is 0.350. The Morgan fingerprint density at radius 1 is 1.07 bits per heavy atom. The van der Waals surface area contributed by atoms with E-state index in [0.29, 0.717) is 17.2 Å². The largest absolute Gasteiger partial charge is 0.497 e.